The molecule has 1 aromatic heterocycles. The molecule has 0 aliphatic heterocycles. The van der Waals surface area contributed by atoms with Crippen LogP contribution in [0.2, 0.25) is 0 Å². The number of fused-ring (bicyclic) bond motifs is 1. The molecule has 0 fully saturated rings. The second-order valence-electron chi connectivity index (χ2n) is 3.52. The van der Waals surface area contributed by atoms with Gasteiger partial charge >= 0.3 is 5.97 Å². The van der Waals surface area contributed by atoms with Crippen molar-refractivity contribution < 1.29 is 18.7 Å². The molecule has 0 saturated carbocycles. The van der Waals surface area contributed by atoms with Gasteiger partial charge in [0.2, 0.25) is 0 Å². The summed E-state index contributed by atoms with van der Waals surface area (Å²) in [5.74, 6) is -1.31. The molecule has 4 nitrogen and oxygen atoms in total. The maximum absolute atomic E-state index is 13.4. The van der Waals surface area contributed by atoms with Crippen LogP contribution in [0.5, 0.6) is 0 Å². The molecule has 1 aromatic carbocycles. The third-order valence-corrected chi connectivity index (χ3v) is 3.45. The fourth-order valence-electron chi connectivity index (χ4n) is 1.45. The van der Waals surface area contributed by atoms with Crippen LogP contribution < -0.4 is 5.32 Å². The molecule has 2 aromatic rings. The number of esters is 1. The molecule has 0 spiro atoms. The van der Waals surface area contributed by atoms with Crippen LogP contribution in [0, 0.1) is 5.82 Å². The number of methoxy groups -OCH3 is 1. The molecule has 0 saturated heterocycles. The third kappa shape index (κ3) is 2.48. The van der Waals surface area contributed by atoms with Crippen molar-refractivity contribution in [2.75, 3.05) is 13.7 Å². The van der Waals surface area contributed by atoms with E-state index in [2.05, 4.69) is 10.1 Å². The van der Waals surface area contributed by atoms with Crippen LogP contribution in [-0.4, -0.2) is 25.5 Å². The van der Waals surface area contributed by atoms with Gasteiger partial charge in [0.1, 0.15) is 12.4 Å². The topological polar surface area (TPSA) is 55.4 Å². The largest absolute Gasteiger partial charge is 0.468 e. The molecule has 0 bridgehead atoms. The van der Waals surface area contributed by atoms with Gasteiger partial charge in [-0.15, -0.1) is 11.3 Å². The van der Waals surface area contributed by atoms with Crippen molar-refractivity contribution in [3.63, 3.8) is 0 Å². The maximum Gasteiger partial charge on any atom is 0.325 e. The molecule has 0 aliphatic carbocycles. The Morgan fingerprint density at radius 3 is 2.89 bits per heavy atom. The van der Waals surface area contributed by atoms with Crippen molar-refractivity contribution in [1.29, 1.82) is 0 Å². The average Bonchev–Trinajstić information content (AvgIpc) is 2.81. The van der Waals surface area contributed by atoms with E-state index in [1.807, 2.05) is 0 Å². The summed E-state index contributed by atoms with van der Waals surface area (Å²) >= 11 is 1.17. The summed E-state index contributed by atoms with van der Waals surface area (Å²) < 4.78 is 18.5. The lowest BCUT2D eigenvalue weighted by Gasteiger charge is -2.00. The molecule has 94 valence electrons. The third-order valence-electron chi connectivity index (χ3n) is 2.35. The van der Waals surface area contributed by atoms with E-state index < -0.39 is 11.9 Å². The number of benzene rings is 1. The number of rotatable bonds is 3. The highest BCUT2D eigenvalue weighted by Gasteiger charge is 2.13. The SMILES string of the molecule is COC(=O)CNC(=O)c1cc2c(F)cccc2s1. The molecular weight excluding hydrogens is 257 g/mol. The van der Waals surface area contributed by atoms with Gasteiger partial charge in [-0.25, -0.2) is 4.39 Å². The Morgan fingerprint density at radius 2 is 2.22 bits per heavy atom. The van der Waals surface area contributed by atoms with Crippen molar-refractivity contribution in [3.8, 4) is 0 Å². The smallest absolute Gasteiger partial charge is 0.325 e. The van der Waals surface area contributed by atoms with Crippen LogP contribution in [0.1, 0.15) is 9.67 Å². The number of amides is 1. The Kier molecular flexibility index (Phi) is 3.57. The number of carbonyl (C=O) groups excluding carboxylic acids is 2. The van der Waals surface area contributed by atoms with Crippen LogP contribution >= 0.6 is 11.3 Å². The lowest BCUT2D eigenvalue weighted by Crippen LogP contribution is -2.29. The first-order valence-electron chi connectivity index (χ1n) is 5.15. The van der Waals surface area contributed by atoms with Gasteiger partial charge in [0.05, 0.1) is 12.0 Å². The number of hydrogen-bond donors (Lipinski definition) is 1. The summed E-state index contributed by atoms with van der Waals surface area (Å²) in [6, 6.07) is 6.14. The van der Waals surface area contributed by atoms with Crippen LogP contribution in [0.15, 0.2) is 24.3 Å². The Labute approximate surface area is 106 Å². The predicted molar refractivity (Wildman–Crippen MR) is 66.1 cm³/mol. The van der Waals surface area contributed by atoms with Gasteiger partial charge in [0, 0.05) is 10.1 Å². The van der Waals surface area contributed by atoms with E-state index in [0.717, 1.165) is 0 Å². The summed E-state index contributed by atoms with van der Waals surface area (Å²) in [7, 11) is 1.24. The van der Waals surface area contributed by atoms with Crippen molar-refractivity contribution in [2.24, 2.45) is 0 Å². The minimum atomic E-state index is -0.532. The number of carbonyl (C=O) groups is 2. The van der Waals surface area contributed by atoms with E-state index in [1.165, 1.54) is 30.6 Å². The number of nitrogens with one attached hydrogen (secondary N) is 1. The average molecular weight is 267 g/mol. The first-order valence-corrected chi connectivity index (χ1v) is 5.96. The number of hydrogen-bond acceptors (Lipinski definition) is 4. The van der Waals surface area contributed by atoms with Gasteiger partial charge in [-0.3, -0.25) is 9.59 Å². The van der Waals surface area contributed by atoms with Crippen molar-refractivity contribution in [1.82, 2.24) is 5.32 Å². The zero-order valence-electron chi connectivity index (χ0n) is 9.53. The molecule has 1 N–H and O–H groups in total. The molecular formula is C12H10FNO3S. The second-order valence-corrected chi connectivity index (χ2v) is 4.60. The second kappa shape index (κ2) is 5.14. The van der Waals surface area contributed by atoms with E-state index in [0.29, 0.717) is 15.0 Å². The van der Waals surface area contributed by atoms with Gasteiger partial charge in [-0.2, -0.15) is 0 Å². The van der Waals surface area contributed by atoms with Gasteiger partial charge < -0.3 is 10.1 Å². The molecule has 6 heteroatoms. The van der Waals surface area contributed by atoms with Crippen molar-refractivity contribution >= 4 is 33.3 Å². The normalized spacial score (nSPS) is 10.3. The summed E-state index contributed by atoms with van der Waals surface area (Å²) in [6.07, 6.45) is 0. The van der Waals surface area contributed by atoms with Crippen LogP contribution in [-0.2, 0) is 9.53 Å². The monoisotopic (exact) mass is 267 g/mol. The fourth-order valence-corrected chi connectivity index (χ4v) is 2.44. The number of halogens is 1. The van der Waals surface area contributed by atoms with E-state index in [9.17, 15) is 14.0 Å². The summed E-state index contributed by atoms with van der Waals surface area (Å²) in [5.41, 5.74) is 0. The lowest BCUT2D eigenvalue weighted by atomic mass is 10.2. The van der Waals surface area contributed by atoms with Gasteiger partial charge in [-0.1, -0.05) is 6.07 Å². The molecule has 0 unspecified atom stereocenters. The maximum atomic E-state index is 13.4. The van der Waals surface area contributed by atoms with E-state index >= 15 is 0 Å². The minimum Gasteiger partial charge on any atom is -0.468 e. The highest BCUT2D eigenvalue weighted by atomic mass is 32.1. The van der Waals surface area contributed by atoms with Crippen molar-refractivity contribution in [2.45, 2.75) is 0 Å². The Balaban J connectivity index is 2.18. The zero-order valence-corrected chi connectivity index (χ0v) is 10.3. The van der Waals surface area contributed by atoms with E-state index in [4.69, 9.17) is 0 Å². The standard InChI is InChI=1S/C12H10FNO3S/c1-17-11(15)6-14-12(16)10-5-7-8(13)3-2-4-9(7)18-10/h2-5H,6H2,1H3,(H,14,16). The molecule has 1 amide bonds. The molecule has 0 atom stereocenters. The predicted octanol–water partition coefficient (Wildman–Crippen LogP) is 1.94. The number of thiophene rings is 1. The number of ether oxygens (including phenoxy) is 1. The van der Waals surface area contributed by atoms with E-state index in [1.54, 1.807) is 12.1 Å². The summed E-state index contributed by atoms with van der Waals surface area (Å²) in [6.45, 7) is -0.202. The Bertz CT molecular complexity index is 608. The first kappa shape index (κ1) is 12.5. The molecule has 1 heterocycles. The van der Waals surface area contributed by atoms with Gasteiger partial charge in [0.25, 0.3) is 5.91 Å². The van der Waals surface area contributed by atoms with Crippen molar-refractivity contribution in [3.05, 3.63) is 35.0 Å². The highest BCUT2D eigenvalue weighted by Crippen LogP contribution is 2.27. The van der Waals surface area contributed by atoms with E-state index in [-0.39, 0.29) is 12.4 Å². The molecule has 0 radical (unpaired) electrons. The molecule has 2 rings (SSSR count). The van der Waals surface area contributed by atoms with Gasteiger partial charge in [-0.05, 0) is 18.2 Å². The summed E-state index contributed by atoms with van der Waals surface area (Å²) in [5, 5.41) is 2.81. The summed E-state index contributed by atoms with van der Waals surface area (Å²) in [4.78, 5) is 23.0. The van der Waals surface area contributed by atoms with Crippen LogP contribution in [0.3, 0.4) is 0 Å². The molecule has 0 aliphatic rings. The Morgan fingerprint density at radius 1 is 1.44 bits per heavy atom. The molecule has 18 heavy (non-hydrogen) atoms. The highest BCUT2D eigenvalue weighted by molar-refractivity contribution is 7.20. The first-order chi connectivity index (χ1) is 8.61. The van der Waals surface area contributed by atoms with Crippen LogP contribution in [0.4, 0.5) is 4.39 Å². The fraction of sp³-hybridized carbons (Fsp3) is 0.167. The zero-order chi connectivity index (χ0) is 13.1. The Hall–Kier alpha value is -1.95. The van der Waals surface area contributed by atoms with Crippen LogP contribution in [0.25, 0.3) is 10.1 Å². The van der Waals surface area contributed by atoms with Gasteiger partial charge in [0.15, 0.2) is 0 Å². The lowest BCUT2D eigenvalue weighted by molar-refractivity contribution is -0.139. The minimum absolute atomic E-state index is 0.202. The quantitative estimate of drug-likeness (QED) is 0.865.